The van der Waals surface area contributed by atoms with E-state index in [1.807, 2.05) is 12.3 Å². The molecule has 0 aliphatic heterocycles. The molecule has 0 aliphatic carbocycles. The normalized spacial score (nSPS) is 10.6. The minimum absolute atomic E-state index is 0.233. The highest BCUT2D eigenvalue weighted by atomic mass is 79.9. The molecule has 0 unspecified atom stereocenters. The molecule has 1 N–H and O–H groups in total. The zero-order valence-electron chi connectivity index (χ0n) is 8.93. The number of nitrogens with zero attached hydrogens (tertiary/aromatic N) is 1. The lowest BCUT2D eigenvalue weighted by molar-refractivity contribution is 0.580. The van der Waals surface area contributed by atoms with Gasteiger partial charge in [0.2, 0.25) is 0 Å². The van der Waals surface area contributed by atoms with Gasteiger partial charge in [0, 0.05) is 17.1 Å². The summed E-state index contributed by atoms with van der Waals surface area (Å²) in [6.07, 6.45) is 0. The highest BCUT2D eigenvalue weighted by Gasteiger charge is 2.08. The number of aromatic nitrogens is 1. The summed E-state index contributed by atoms with van der Waals surface area (Å²) in [5.41, 5.74) is 1.19. The third-order valence-corrected chi connectivity index (χ3v) is 3.68. The molecule has 0 saturated carbocycles. The predicted molar refractivity (Wildman–Crippen MR) is 68.2 cm³/mol. The van der Waals surface area contributed by atoms with Gasteiger partial charge < -0.3 is 5.32 Å². The molecule has 0 bridgehead atoms. The first-order valence-corrected chi connectivity index (χ1v) is 6.53. The third kappa shape index (κ3) is 3.01. The van der Waals surface area contributed by atoms with Crippen molar-refractivity contribution in [3.05, 3.63) is 44.3 Å². The Morgan fingerprint density at radius 1 is 1.35 bits per heavy atom. The Hall–Kier alpha value is -1.01. The molecule has 0 aliphatic rings. The largest absolute Gasteiger partial charge is 0.376 e. The van der Waals surface area contributed by atoms with Gasteiger partial charge in [0.15, 0.2) is 0 Å². The number of thiazole rings is 1. The van der Waals surface area contributed by atoms with E-state index in [0.29, 0.717) is 6.54 Å². The van der Waals surface area contributed by atoms with Gasteiger partial charge in [0.05, 0.1) is 16.7 Å². The maximum absolute atomic E-state index is 13.4. The van der Waals surface area contributed by atoms with Crippen LogP contribution in [0.5, 0.6) is 0 Å². The monoisotopic (exact) mass is 318 g/mol. The van der Waals surface area contributed by atoms with Crippen LogP contribution in [0.25, 0.3) is 0 Å². The Labute approximate surface area is 110 Å². The van der Waals surface area contributed by atoms with Gasteiger partial charge >= 0.3 is 0 Å². The van der Waals surface area contributed by atoms with Crippen molar-refractivity contribution in [3.8, 4) is 0 Å². The van der Waals surface area contributed by atoms with Gasteiger partial charge in [-0.1, -0.05) is 0 Å². The van der Waals surface area contributed by atoms with Crippen LogP contribution in [0.4, 0.5) is 14.5 Å². The number of nitrogens with one attached hydrogen (secondary N) is 1. The van der Waals surface area contributed by atoms with Gasteiger partial charge in [-0.15, -0.1) is 11.3 Å². The molecule has 0 amide bonds. The quantitative estimate of drug-likeness (QED) is 0.862. The molecule has 0 atom stereocenters. The summed E-state index contributed by atoms with van der Waals surface area (Å²) in [5, 5.41) is 5.67. The second-order valence-electron chi connectivity index (χ2n) is 3.48. The van der Waals surface area contributed by atoms with Crippen molar-refractivity contribution in [2.24, 2.45) is 0 Å². The van der Waals surface area contributed by atoms with Gasteiger partial charge in [0.25, 0.3) is 0 Å². The summed E-state index contributed by atoms with van der Waals surface area (Å²) < 4.78 is 26.6. The SMILES string of the molecule is Cc1csc(CNc2cc(Br)c(F)cc2F)n1. The lowest BCUT2D eigenvalue weighted by atomic mass is 10.3. The first-order chi connectivity index (χ1) is 8.06. The Morgan fingerprint density at radius 2 is 2.12 bits per heavy atom. The molecule has 1 aromatic carbocycles. The van der Waals surface area contributed by atoms with Crippen LogP contribution < -0.4 is 5.32 Å². The van der Waals surface area contributed by atoms with E-state index in [-0.39, 0.29) is 10.2 Å². The molecule has 0 saturated heterocycles. The van der Waals surface area contributed by atoms with Crippen molar-refractivity contribution < 1.29 is 8.78 Å². The number of anilines is 1. The number of hydrogen-bond acceptors (Lipinski definition) is 3. The van der Waals surface area contributed by atoms with Crippen LogP contribution in [0.15, 0.2) is 22.0 Å². The van der Waals surface area contributed by atoms with Gasteiger partial charge in [-0.3, -0.25) is 0 Å². The van der Waals surface area contributed by atoms with E-state index in [2.05, 4.69) is 26.2 Å². The standard InChI is InChI=1S/C11H9BrF2N2S/c1-6-5-17-11(16-6)4-15-10-2-7(12)8(13)3-9(10)14/h2-3,5,15H,4H2,1H3. The lowest BCUT2D eigenvalue weighted by Gasteiger charge is -2.06. The molecule has 90 valence electrons. The summed E-state index contributed by atoms with van der Waals surface area (Å²) in [7, 11) is 0. The molecule has 6 heteroatoms. The zero-order chi connectivity index (χ0) is 12.4. The summed E-state index contributed by atoms with van der Waals surface area (Å²) >= 11 is 4.52. The van der Waals surface area contributed by atoms with Crippen LogP contribution in [0, 0.1) is 18.6 Å². The summed E-state index contributed by atoms with van der Waals surface area (Å²) in [6, 6.07) is 2.23. The van der Waals surface area contributed by atoms with Gasteiger partial charge in [-0.05, 0) is 28.9 Å². The Kier molecular flexibility index (Phi) is 3.73. The molecule has 2 rings (SSSR count). The Balaban J connectivity index is 2.11. The number of benzene rings is 1. The minimum Gasteiger partial charge on any atom is -0.376 e. The fraction of sp³-hybridized carbons (Fsp3) is 0.182. The molecule has 1 aromatic heterocycles. The van der Waals surface area contributed by atoms with E-state index < -0.39 is 11.6 Å². The van der Waals surface area contributed by atoms with Crippen LogP contribution in [0.1, 0.15) is 10.7 Å². The van der Waals surface area contributed by atoms with Crippen molar-refractivity contribution in [1.82, 2.24) is 4.98 Å². The second kappa shape index (κ2) is 5.10. The first kappa shape index (κ1) is 12.4. The van der Waals surface area contributed by atoms with E-state index in [0.717, 1.165) is 16.8 Å². The molecule has 2 aromatic rings. The van der Waals surface area contributed by atoms with Crippen molar-refractivity contribution in [1.29, 1.82) is 0 Å². The summed E-state index contributed by atoms with van der Waals surface area (Å²) in [6.45, 7) is 2.32. The minimum atomic E-state index is -0.613. The van der Waals surface area contributed by atoms with Crippen molar-refractivity contribution >= 4 is 33.0 Å². The fourth-order valence-electron chi connectivity index (χ4n) is 1.31. The maximum Gasteiger partial charge on any atom is 0.149 e. The Morgan fingerprint density at radius 3 is 2.76 bits per heavy atom. The van der Waals surface area contributed by atoms with E-state index in [9.17, 15) is 8.78 Å². The van der Waals surface area contributed by atoms with Crippen molar-refractivity contribution in [3.63, 3.8) is 0 Å². The molecule has 0 fully saturated rings. The zero-order valence-corrected chi connectivity index (χ0v) is 11.3. The van der Waals surface area contributed by atoms with Gasteiger partial charge in [-0.25, -0.2) is 13.8 Å². The molecular formula is C11H9BrF2N2S. The highest BCUT2D eigenvalue weighted by Crippen LogP contribution is 2.24. The van der Waals surface area contributed by atoms with Crippen LogP contribution in [-0.4, -0.2) is 4.98 Å². The molecular weight excluding hydrogens is 310 g/mol. The molecule has 2 nitrogen and oxygen atoms in total. The number of hydrogen-bond donors (Lipinski definition) is 1. The average Bonchev–Trinajstić information content (AvgIpc) is 2.68. The van der Waals surface area contributed by atoms with E-state index in [1.165, 1.54) is 17.4 Å². The van der Waals surface area contributed by atoms with Crippen molar-refractivity contribution in [2.75, 3.05) is 5.32 Å². The van der Waals surface area contributed by atoms with Crippen LogP contribution in [0.3, 0.4) is 0 Å². The summed E-state index contributed by atoms with van der Waals surface area (Å²) in [4.78, 5) is 4.24. The second-order valence-corrected chi connectivity index (χ2v) is 5.28. The fourth-order valence-corrected chi connectivity index (χ4v) is 2.37. The molecule has 1 heterocycles. The maximum atomic E-state index is 13.4. The van der Waals surface area contributed by atoms with E-state index >= 15 is 0 Å². The number of halogens is 3. The molecule has 17 heavy (non-hydrogen) atoms. The third-order valence-electron chi connectivity index (χ3n) is 2.11. The first-order valence-electron chi connectivity index (χ1n) is 4.85. The van der Waals surface area contributed by atoms with Gasteiger partial charge in [0.1, 0.15) is 16.6 Å². The number of rotatable bonds is 3. The molecule has 0 radical (unpaired) electrons. The number of aryl methyl sites for hydroxylation is 1. The van der Waals surface area contributed by atoms with Crippen molar-refractivity contribution in [2.45, 2.75) is 13.5 Å². The van der Waals surface area contributed by atoms with Crippen LogP contribution in [-0.2, 0) is 6.54 Å². The van der Waals surface area contributed by atoms with Gasteiger partial charge in [-0.2, -0.15) is 0 Å². The molecule has 0 spiro atoms. The van der Waals surface area contributed by atoms with Crippen LogP contribution >= 0.6 is 27.3 Å². The van der Waals surface area contributed by atoms with E-state index in [4.69, 9.17) is 0 Å². The highest BCUT2D eigenvalue weighted by molar-refractivity contribution is 9.10. The average molecular weight is 319 g/mol. The topological polar surface area (TPSA) is 24.9 Å². The lowest BCUT2D eigenvalue weighted by Crippen LogP contribution is -2.02. The van der Waals surface area contributed by atoms with E-state index in [1.54, 1.807) is 0 Å². The smallest absolute Gasteiger partial charge is 0.149 e. The summed E-state index contributed by atoms with van der Waals surface area (Å²) in [5.74, 6) is -1.22. The van der Waals surface area contributed by atoms with Crippen LogP contribution in [0.2, 0.25) is 0 Å². The predicted octanol–water partition coefficient (Wildman–Crippen LogP) is 4.10. The Bertz CT molecular complexity index is 542.